The Kier molecular flexibility index (Phi) is 5.96. The number of rotatable bonds is 7. The van der Waals surface area contributed by atoms with Crippen LogP contribution < -0.4 is 5.73 Å². The Bertz CT molecular complexity index is 322. The second-order valence-electron chi connectivity index (χ2n) is 4.64. The summed E-state index contributed by atoms with van der Waals surface area (Å²) in [5.41, 5.74) is 5.48. The molecule has 0 radical (unpaired) electrons. The average Bonchev–Trinajstić information content (AvgIpc) is 2.16. The number of hydrogen-bond acceptors (Lipinski definition) is 5. The number of esters is 1. The van der Waals surface area contributed by atoms with E-state index in [9.17, 15) is 13.2 Å². The van der Waals surface area contributed by atoms with Crippen LogP contribution in [0.25, 0.3) is 0 Å². The summed E-state index contributed by atoms with van der Waals surface area (Å²) in [6.45, 7) is 4.49. The molecule has 0 atom stereocenters. The monoisotopic (exact) mass is 251 g/mol. The van der Waals surface area contributed by atoms with Crippen LogP contribution in [0.15, 0.2) is 0 Å². The van der Waals surface area contributed by atoms with E-state index in [0.29, 0.717) is 13.0 Å². The SMILES string of the molecule is COC(=O)CS(=O)(=O)CCCC(C)(C)CN. The summed E-state index contributed by atoms with van der Waals surface area (Å²) in [6.07, 6.45) is 1.24. The fourth-order valence-corrected chi connectivity index (χ4v) is 2.39. The van der Waals surface area contributed by atoms with Gasteiger partial charge in [0.1, 0.15) is 5.75 Å². The molecule has 0 saturated heterocycles. The highest BCUT2D eigenvalue weighted by molar-refractivity contribution is 7.92. The molecule has 0 rings (SSSR count). The molecule has 0 bridgehead atoms. The number of hydrogen-bond donors (Lipinski definition) is 1. The Morgan fingerprint density at radius 2 is 1.94 bits per heavy atom. The van der Waals surface area contributed by atoms with Crippen LogP contribution in [0.4, 0.5) is 0 Å². The standard InChI is InChI=1S/C10H21NO4S/c1-10(2,8-11)5-4-6-16(13,14)7-9(12)15-3/h4-8,11H2,1-3H3. The van der Waals surface area contributed by atoms with Gasteiger partial charge in [0.25, 0.3) is 0 Å². The van der Waals surface area contributed by atoms with Crippen LogP contribution in [0.1, 0.15) is 26.7 Å². The molecule has 5 nitrogen and oxygen atoms in total. The van der Waals surface area contributed by atoms with Crippen LogP contribution >= 0.6 is 0 Å². The predicted octanol–water partition coefficient (Wildman–Crippen LogP) is 0.339. The maximum Gasteiger partial charge on any atom is 0.320 e. The third kappa shape index (κ3) is 6.79. The zero-order valence-electron chi connectivity index (χ0n) is 10.2. The van der Waals surface area contributed by atoms with Crippen molar-refractivity contribution in [2.24, 2.45) is 11.1 Å². The van der Waals surface area contributed by atoms with E-state index in [4.69, 9.17) is 5.73 Å². The zero-order chi connectivity index (χ0) is 12.8. The molecule has 0 spiro atoms. The van der Waals surface area contributed by atoms with Crippen molar-refractivity contribution in [3.05, 3.63) is 0 Å². The number of nitrogens with two attached hydrogens (primary N) is 1. The lowest BCUT2D eigenvalue weighted by Crippen LogP contribution is -2.25. The molecular formula is C10H21NO4S. The smallest absolute Gasteiger partial charge is 0.320 e. The zero-order valence-corrected chi connectivity index (χ0v) is 11.0. The first kappa shape index (κ1) is 15.4. The lowest BCUT2D eigenvalue weighted by atomic mass is 9.88. The quantitative estimate of drug-likeness (QED) is 0.659. The number of carbonyl (C=O) groups excluding carboxylic acids is 1. The first-order valence-electron chi connectivity index (χ1n) is 5.20. The highest BCUT2D eigenvalue weighted by Gasteiger charge is 2.20. The van der Waals surface area contributed by atoms with E-state index >= 15 is 0 Å². The van der Waals surface area contributed by atoms with Gasteiger partial charge in [0.2, 0.25) is 0 Å². The topological polar surface area (TPSA) is 86.5 Å². The predicted molar refractivity (Wildman–Crippen MR) is 62.7 cm³/mol. The van der Waals surface area contributed by atoms with Gasteiger partial charge in [-0.3, -0.25) is 4.79 Å². The van der Waals surface area contributed by atoms with Crippen molar-refractivity contribution in [3.8, 4) is 0 Å². The van der Waals surface area contributed by atoms with Crippen LogP contribution in [0, 0.1) is 5.41 Å². The summed E-state index contributed by atoms with van der Waals surface area (Å²) in [5.74, 6) is -1.24. The summed E-state index contributed by atoms with van der Waals surface area (Å²) in [5, 5.41) is 0. The van der Waals surface area contributed by atoms with Crippen LogP contribution in [0.2, 0.25) is 0 Å². The summed E-state index contributed by atoms with van der Waals surface area (Å²) in [6, 6.07) is 0. The highest BCUT2D eigenvalue weighted by atomic mass is 32.2. The molecule has 0 aliphatic carbocycles. The van der Waals surface area contributed by atoms with Crippen molar-refractivity contribution >= 4 is 15.8 Å². The molecule has 0 aliphatic heterocycles. The minimum absolute atomic E-state index is 0.00549. The molecule has 96 valence electrons. The minimum Gasteiger partial charge on any atom is -0.468 e. The van der Waals surface area contributed by atoms with Gasteiger partial charge >= 0.3 is 5.97 Å². The van der Waals surface area contributed by atoms with Gasteiger partial charge in [-0.25, -0.2) is 8.42 Å². The Balaban J connectivity index is 4.06. The Morgan fingerprint density at radius 1 is 1.38 bits per heavy atom. The molecule has 0 fully saturated rings. The number of ether oxygens (including phenoxy) is 1. The third-order valence-electron chi connectivity index (χ3n) is 2.43. The van der Waals surface area contributed by atoms with Crippen LogP contribution in [-0.2, 0) is 19.4 Å². The fourth-order valence-electron chi connectivity index (χ4n) is 1.18. The second-order valence-corrected chi connectivity index (χ2v) is 6.82. The molecule has 0 aromatic carbocycles. The normalized spacial score (nSPS) is 12.5. The Morgan fingerprint density at radius 3 is 2.38 bits per heavy atom. The summed E-state index contributed by atoms with van der Waals surface area (Å²) < 4.78 is 27.2. The Hall–Kier alpha value is -0.620. The summed E-state index contributed by atoms with van der Waals surface area (Å²) in [4.78, 5) is 10.8. The third-order valence-corrected chi connectivity index (χ3v) is 4.01. The van der Waals surface area contributed by atoms with E-state index in [1.165, 1.54) is 7.11 Å². The second kappa shape index (κ2) is 6.20. The molecule has 0 unspecified atom stereocenters. The van der Waals surface area contributed by atoms with E-state index in [-0.39, 0.29) is 11.2 Å². The maximum atomic E-state index is 11.4. The largest absolute Gasteiger partial charge is 0.468 e. The molecule has 16 heavy (non-hydrogen) atoms. The average molecular weight is 251 g/mol. The molecule has 0 amide bonds. The van der Waals surface area contributed by atoms with Gasteiger partial charge < -0.3 is 10.5 Å². The molecule has 2 N–H and O–H groups in total. The van der Waals surface area contributed by atoms with Gasteiger partial charge in [0.05, 0.1) is 12.9 Å². The molecule has 0 saturated carbocycles. The summed E-state index contributed by atoms with van der Waals surface area (Å²) >= 11 is 0. The van der Waals surface area contributed by atoms with E-state index < -0.39 is 21.6 Å². The van der Waals surface area contributed by atoms with Gasteiger partial charge in [0, 0.05) is 0 Å². The van der Waals surface area contributed by atoms with Crippen molar-refractivity contribution in [2.45, 2.75) is 26.7 Å². The Labute approximate surface area is 97.3 Å². The van der Waals surface area contributed by atoms with Crippen LogP contribution in [0.5, 0.6) is 0 Å². The van der Waals surface area contributed by atoms with Gasteiger partial charge in [0.15, 0.2) is 9.84 Å². The van der Waals surface area contributed by atoms with Crippen molar-refractivity contribution in [3.63, 3.8) is 0 Å². The molecule has 0 aromatic heterocycles. The minimum atomic E-state index is -3.34. The van der Waals surface area contributed by atoms with Gasteiger partial charge in [-0.05, 0) is 24.8 Å². The first-order valence-corrected chi connectivity index (χ1v) is 7.02. The van der Waals surface area contributed by atoms with Gasteiger partial charge in [-0.2, -0.15) is 0 Å². The molecule has 6 heteroatoms. The van der Waals surface area contributed by atoms with E-state index in [0.717, 1.165) is 6.42 Å². The molecule has 0 aliphatic rings. The van der Waals surface area contributed by atoms with E-state index in [1.807, 2.05) is 13.8 Å². The van der Waals surface area contributed by atoms with Crippen molar-refractivity contribution in [1.29, 1.82) is 0 Å². The van der Waals surface area contributed by atoms with E-state index in [2.05, 4.69) is 4.74 Å². The first-order chi connectivity index (χ1) is 7.22. The van der Waals surface area contributed by atoms with Gasteiger partial charge in [-0.1, -0.05) is 13.8 Å². The fraction of sp³-hybridized carbons (Fsp3) is 0.900. The molecular weight excluding hydrogens is 230 g/mol. The van der Waals surface area contributed by atoms with Crippen LogP contribution in [-0.4, -0.2) is 39.5 Å². The lowest BCUT2D eigenvalue weighted by molar-refractivity contribution is -0.137. The van der Waals surface area contributed by atoms with Crippen molar-refractivity contribution in [1.82, 2.24) is 0 Å². The number of sulfone groups is 1. The highest BCUT2D eigenvalue weighted by Crippen LogP contribution is 2.20. The van der Waals surface area contributed by atoms with Crippen molar-refractivity contribution in [2.75, 3.05) is 25.2 Å². The van der Waals surface area contributed by atoms with Gasteiger partial charge in [-0.15, -0.1) is 0 Å². The molecule has 0 aromatic rings. The molecule has 0 heterocycles. The summed E-state index contributed by atoms with van der Waals surface area (Å²) in [7, 11) is -2.16. The van der Waals surface area contributed by atoms with Crippen LogP contribution in [0.3, 0.4) is 0 Å². The van der Waals surface area contributed by atoms with E-state index in [1.54, 1.807) is 0 Å². The number of methoxy groups -OCH3 is 1. The maximum absolute atomic E-state index is 11.4. The van der Waals surface area contributed by atoms with Crippen molar-refractivity contribution < 1.29 is 17.9 Å². The number of carbonyl (C=O) groups is 1. The lowest BCUT2D eigenvalue weighted by Gasteiger charge is -2.21.